The molecule has 0 bridgehead atoms. The lowest BCUT2D eigenvalue weighted by Crippen LogP contribution is -2.22. The Bertz CT molecular complexity index is 295. The fourth-order valence-corrected chi connectivity index (χ4v) is 1.18. The van der Waals surface area contributed by atoms with Crippen LogP contribution >= 0.6 is 0 Å². The van der Waals surface area contributed by atoms with Gasteiger partial charge in [-0.25, -0.2) is 4.68 Å². The molecule has 1 heterocycles. The largest absolute Gasteiger partial charge is 0.328 e. The monoisotopic (exact) mass is 196 g/mol. The van der Waals surface area contributed by atoms with Gasteiger partial charge in [0.05, 0.1) is 6.20 Å². The normalized spacial score (nSPS) is 12.5. The Kier molecular flexibility index (Phi) is 3.64. The van der Waals surface area contributed by atoms with E-state index in [2.05, 4.69) is 5.10 Å². The molecular weight excluding hydrogens is 180 g/mol. The summed E-state index contributed by atoms with van der Waals surface area (Å²) in [6.45, 7) is 2.69. The van der Waals surface area contributed by atoms with E-state index in [1.165, 1.54) is 4.90 Å². The first-order valence-corrected chi connectivity index (χ1v) is 4.60. The molecule has 0 aliphatic heterocycles. The molecule has 0 fully saturated rings. The molecule has 0 radical (unpaired) electrons. The van der Waals surface area contributed by atoms with E-state index in [-0.39, 0.29) is 6.04 Å². The average Bonchev–Trinajstić information content (AvgIpc) is 2.61. The molecule has 0 aliphatic rings. The van der Waals surface area contributed by atoms with Gasteiger partial charge in [0.15, 0.2) is 0 Å². The highest BCUT2D eigenvalue weighted by atomic mass is 16.1. The van der Waals surface area contributed by atoms with Gasteiger partial charge in [0.2, 0.25) is 6.41 Å². The summed E-state index contributed by atoms with van der Waals surface area (Å²) in [7, 11) is 1.70. The Morgan fingerprint density at radius 3 is 3.07 bits per heavy atom. The molecule has 0 saturated carbocycles. The molecule has 1 atom stereocenters. The van der Waals surface area contributed by atoms with E-state index in [1.807, 2.05) is 6.92 Å². The quantitative estimate of drug-likeness (QED) is 0.685. The van der Waals surface area contributed by atoms with Crippen LogP contribution in [0.4, 0.5) is 5.82 Å². The van der Waals surface area contributed by atoms with Crippen molar-refractivity contribution >= 4 is 12.2 Å². The van der Waals surface area contributed by atoms with Crippen LogP contribution in [0.1, 0.15) is 13.3 Å². The lowest BCUT2D eigenvalue weighted by atomic mass is 10.2. The smallest absolute Gasteiger partial charge is 0.215 e. The fraction of sp³-hybridized carbons (Fsp3) is 0.556. The van der Waals surface area contributed by atoms with E-state index in [9.17, 15) is 4.79 Å². The van der Waals surface area contributed by atoms with Crippen LogP contribution in [0.15, 0.2) is 12.3 Å². The van der Waals surface area contributed by atoms with E-state index < -0.39 is 0 Å². The zero-order chi connectivity index (χ0) is 10.6. The first-order chi connectivity index (χ1) is 6.65. The number of carbonyl (C=O) groups is 1. The first kappa shape index (κ1) is 10.7. The minimum atomic E-state index is 0.147. The van der Waals surface area contributed by atoms with E-state index >= 15 is 0 Å². The van der Waals surface area contributed by atoms with Crippen LogP contribution in [-0.2, 0) is 11.3 Å². The highest BCUT2D eigenvalue weighted by Gasteiger charge is 2.06. The molecule has 1 amide bonds. The van der Waals surface area contributed by atoms with Crippen molar-refractivity contribution in [3.63, 3.8) is 0 Å². The Morgan fingerprint density at radius 1 is 1.79 bits per heavy atom. The molecular formula is C9H16N4O. The van der Waals surface area contributed by atoms with Crippen LogP contribution in [0.25, 0.3) is 0 Å². The number of hydrogen-bond donors (Lipinski definition) is 1. The number of hydrogen-bond acceptors (Lipinski definition) is 3. The number of amides is 1. The van der Waals surface area contributed by atoms with Gasteiger partial charge in [-0.1, -0.05) is 0 Å². The van der Waals surface area contributed by atoms with Gasteiger partial charge in [0.1, 0.15) is 5.82 Å². The maximum atomic E-state index is 10.6. The second kappa shape index (κ2) is 4.76. The van der Waals surface area contributed by atoms with Gasteiger partial charge in [-0.3, -0.25) is 4.79 Å². The van der Waals surface area contributed by atoms with E-state index in [1.54, 1.807) is 24.0 Å². The van der Waals surface area contributed by atoms with Crippen molar-refractivity contribution in [3.8, 4) is 0 Å². The molecule has 0 aliphatic carbocycles. The highest BCUT2D eigenvalue weighted by molar-refractivity contribution is 5.71. The van der Waals surface area contributed by atoms with Crippen molar-refractivity contribution < 1.29 is 4.79 Å². The molecule has 0 saturated heterocycles. The molecule has 5 heteroatoms. The molecule has 0 spiro atoms. The zero-order valence-electron chi connectivity index (χ0n) is 8.55. The summed E-state index contributed by atoms with van der Waals surface area (Å²) in [5.41, 5.74) is 5.64. The number of carbonyl (C=O) groups excluding carboxylic acids is 1. The Balaban J connectivity index is 2.67. The molecule has 1 aromatic heterocycles. The molecule has 2 N–H and O–H groups in total. The zero-order valence-corrected chi connectivity index (χ0v) is 8.55. The predicted octanol–water partition coefficient (Wildman–Crippen LogP) is 0.213. The van der Waals surface area contributed by atoms with E-state index in [0.29, 0.717) is 0 Å². The van der Waals surface area contributed by atoms with Crippen LogP contribution in [0.3, 0.4) is 0 Å². The molecule has 1 aromatic rings. The summed E-state index contributed by atoms with van der Waals surface area (Å²) in [6, 6.07) is 1.95. The van der Waals surface area contributed by atoms with Gasteiger partial charge in [-0.2, -0.15) is 5.10 Å². The maximum Gasteiger partial charge on any atom is 0.215 e. The number of rotatable bonds is 5. The lowest BCUT2D eigenvalue weighted by molar-refractivity contribution is -0.107. The van der Waals surface area contributed by atoms with Gasteiger partial charge < -0.3 is 10.6 Å². The predicted molar refractivity (Wildman–Crippen MR) is 55.0 cm³/mol. The maximum absolute atomic E-state index is 10.6. The van der Waals surface area contributed by atoms with Gasteiger partial charge in [0.25, 0.3) is 0 Å². The molecule has 1 unspecified atom stereocenters. The van der Waals surface area contributed by atoms with Crippen LogP contribution in [0.2, 0.25) is 0 Å². The number of anilines is 1. The molecule has 1 rings (SSSR count). The Hall–Kier alpha value is -1.36. The summed E-state index contributed by atoms with van der Waals surface area (Å²) in [6.07, 6.45) is 3.29. The summed E-state index contributed by atoms with van der Waals surface area (Å²) in [5, 5.41) is 4.12. The molecule has 5 nitrogen and oxygen atoms in total. The molecule has 0 aromatic carbocycles. The Labute approximate surface area is 83.5 Å². The minimum absolute atomic E-state index is 0.147. The van der Waals surface area contributed by atoms with Crippen LogP contribution in [0.5, 0.6) is 0 Å². The van der Waals surface area contributed by atoms with Crippen molar-refractivity contribution in [2.75, 3.05) is 11.9 Å². The summed E-state index contributed by atoms with van der Waals surface area (Å²) in [5.74, 6) is 0.792. The van der Waals surface area contributed by atoms with Gasteiger partial charge in [-0.15, -0.1) is 0 Å². The van der Waals surface area contributed by atoms with Gasteiger partial charge in [0, 0.05) is 25.7 Å². The lowest BCUT2D eigenvalue weighted by Gasteiger charge is -2.13. The second-order valence-electron chi connectivity index (χ2n) is 3.39. The molecule has 14 heavy (non-hydrogen) atoms. The highest BCUT2D eigenvalue weighted by Crippen LogP contribution is 2.10. The first-order valence-electron chi connectivity index (χ1n) is 4.60. The number of nitrogens with zero attached hydrogens (tertiary/aromatic N) is 3. The van der Waals surface area contributed by atoms with Crippen molar-refractivity contribution in [2.45, 2.75) is 25.9 Å². The van der Waals surface area contributed by atoms with Crippen LogP contribution < -0.4 is 10.6 Å². The van der Waals surface area contributed by atoms with Crippen molar-refractivity contribution in [1.29, 1.82) is 0 Å². The fourth-order valence-electron chi connectivity index (χ4n) is 1.18. The molecule has 78 valence electrons. The van der Waals surface area contributed by atoms with Gasteiger partial charge in [-0.05, 0) is 13.3 Å². The Morgan fingerprint density at radius 2 is 2.50 bits per heavy atom. The van der Waals surface area contributed by atoms with Crippen LogP contribution in [0, 0.1) is 0 Å². The van der Waals surface area contributed by atoms with Crippen molar-refractivity contribution in [1.82, 2.24) is 9.78 Å². The number of nitrogens with two attached hydrogens (primary N) is 1. The standard InChI is InChI=1S/C9H16N4O/c1-8(10)4-6-13-9(3-5-11-13)12(2)7-14/h3,5,7-8H,4,6,10H2,1-2H3. The SMILES string of the molecule is CC(N)CCn1nccc1N(C)C=O. The van der Waals surface area contributed by atoms with E-state index in [0.717, 1.165) is 25.2 Å². The third kappa shape index (κ3) is 2.56. The van der Waals surface area contributed by atoms with Crippen molar-refractivity contribution in [2.24, 2.45) is 5.73 Å². The number of aromatic nitrogens is 2. The minimum Gasteiger partial charge on any atom is -0.328 e. The van der Waals surface area contributed by atoms with Gasteiger partial charge >= 0.3 is 0 Å². The second-order valence-corrected chi connectivity index (χ2v) is 3.39. The third-order valence-electron chi connectivity index (χ3n) is 2.01. The average molecular weight is 196 g/mol. The summed E-state index contributed by atoms with van der Waals surface area (Å²) in [4.78, 5) is 12.0. The van der Waals surface area contributed by atoms with Crippen LogP contribution in [-0.4, -0.2) is 29.3 Å². The summed E-state index contributed by atoms with van der Waals surface area (Å²) < 4.78 is 1.78. The van der Waals surface area contributed by atoms with E-state index in [4.69, 9.17) is 5.73 Å². The van der Waals surface area contributed by atoms with Crippen molar-refractivity contribution in [3.05, 3.63) is 12.3 Å². The summed E-state index contributed by atoms with van der Waals surface area (Å²) >= 11 is 0. The third-order valence-corrected chi connectivity index (χ3v) is 2.01. The number of aryl methyl sites for hydroxylation is 1. The topological polar surface area (TPSA) is 64.2 Å².